The summed E-state index contributed by atoms with van der Waals surface area (Å²) < 4.78 is 13.0. The molecule has 2 aliphatic heterocycles. The van der Waals surface area contributed by atoms with Crippen LogP contribution >= 0.6 is 0 Å². The highest BCUT2D eigenvalue weighted by Gasteiger charge is 2.48. The van der Waals surface area contributed by atoms with Crippen LogP contribution in [0.4, 0.5) is 4.39 Å². The van der Waals surface area contributed by atoms with Crippen molar-refractivity contribution in [1.29, 1.82) is 0 Å². The summed E-state index contributed by atoms with van der Waals surface area (Å²) in [6.07, 6.45) is 5.57. The van der Waals surface area contributed by atoms with Gasteiger partial charge in [0.05, 0.1) is 18.4 Å². The number of nitrogens with zero attached hydrogens (tertiary/aromatic N) is 2. The van der Waals surface area contributed by atoms with E-state index in [1.165, 1.54) is 29.2 Å². The topological polar surface area (TPSA) is 57.7 Å². The number of halogens is 1. The van der Waals surface area contributed by atoms with Crippen LogP contribution in [0.1, 0.15) is 48.9 Å². The van der Waals surface area contributed by atoms with Gasteiger partial charge >= 0.3 is 0 Å². The third-order valence-corrected chi connectivity index (χ3v) is 6.61. The van der Waals surface area contributed by atoms with Crippen LogP contribution in [0.5, 0.6) is 0 Å². The van der Waals surface area contributed by atoms with Crippen molar-refractivity contribution in [3.05, 3.63) is 35.6 Å². The van der Waals surface area contributed by atoms with Gasteiger partial charge in [0, 0.05) is 12.1 Å². The molecule has 1 aromatic rings. The van der Waals surface area contributed by atoms with Gasteiger partial charge in [0.15, 0.2) is 5.78 Å². The normalized spacial score (nSPS) is 26.5. The predicted molar refractivity (Wildman–Crippen MR) is 102 cm³/mol. The van der Waals surface area contributed by atoms with Crippen LogP contribution in [0.15, 0.2) is 24.3 Å². The number of fused-ring (bicyclic) bond motifs is 1. The van der Waals surface area contributed by atoms with E-state index in [1.54, 1.807) is 0 Å². The molecule has 3 fully saturated rings. The number of hydrogen-bond acceptors (Lipinski definition) is 4. The van der Waals surface area contributed by atoms with Gasteiger partial charge in [0.1, 0.15) is 5.82 Å². The molecule has 2 saturated heterocycles. The lowest BCUT2D eigenvalue weighted by atomic mass is 9.81. The van der Waals surface area contributed by atoms with E-state index in [2.05, 4.69) is 4.90 Å². The summed E-state index contributed by atoms with van der Waals surface area (Å²) in [5.41, 5.74) is 0.527. The molecule has 5 nitrogen and oxygen atoms in total. The van der Waals surface area contributed by atoms with Crippen LogP contribution in [0.2, 0.25) is 0 Å². The molecule has 3 aliphatic rings. The highest BCUT2D eigenvalue weighted by Crippen LogP contribution is 2.38. The fourth-order valence-corrected chi connectivity index (χ4v) is 4.93. The Bertz CT molecular complexity index is 732. The van der Waals surface area contributed by atoms with Crippen LogP contribution in [0, 0.1) is 23.6 Å². The van der Waals surface area contributed by atoms with Crippen molar-refractivity contribution in [3.63, 3.8) is 0 Å². The Hall–Kier alpha value is -2.08. The van der Waals surface area contributed by atoms with Crippen LogP contribution in [-0.2, 0) is 9.59 Å². The maximum Gasteiger partial charge on any atom is 0.233 e. The van der Waals surface area contributed by atoms with Crippen molar-refractivity contribution in [2.24, 2.45) is 17.8 Å². The first-order valence-electron chi connectivity index (χ1n) is 10.4. The zero-order chi connectivity index (χ0) is 19.7. The average Bonchev–Trinajstić information content (AvgIpc) is 2.95. The number of rotatable bonds is 5. The monoisotopic (exact) mass is 386 g/mol. The van der Waals surface area contributed by atoms with Gasteiger partial charge in [-0.25, -0.2) is 4.39 Å². The lowest BCUT2D eigenvalue weighted by molar-refractivity contribution is -0.140. The van der Waals surface area contributed by atoms with E-state index in [0.717, 1.165) is 51.6 Å². The van der Waals surface area contributed by atoms with Crippen LogP contribution in [0.3, 0.4) is 0 Å². The van der Waals surface area contributed by atoms with Crippen LogP contribution < -0.4 is 0 Å². The molecule has 150 valence electrons. The zero-order valence-electron chi connectivity index (χ0n) is 16.1. The molecule has 2 amide bonds. The predicted octanol–water partition coefficient (Wildman–Crippen LogP) is 2.90. The van der Waals surface area contributed by atoms with Crippen molar-refractivity contribution < 1.29 is 18.8 Å². The largest absolute Gasteiger partial charge is 0.296 e. The Morgan fingerprint density at radius 3 is 2.07 bits per heavy atom. The van der Waals surface area contributed by atoms with Crippen molar-refractivity contribution in [1.82, 2.24) is 9.80 Å². The van der Waals surface area contributed by atoms with E-state index in [4.69, 9.17) is 0 Å². The number of imide groups is 1. The maximum atomic E-state index is 13.0. The van der Waals surface area contributed by atoms with Crippen molar-refractivity contribution in [3.8, 4) is 0 Å². The van der Waals surface area contributed by atoms with Crippen LogP contribution in [-0.4, -0.2) is 53.6 Å². The van der Waals surface area contributed by atoms with Gasteiger partial charge in [-0.3, -0.25) is 24.2 Å². The summed E-state index contributed by atoms with van der Waals surface area (Å²) in [7, 11) is 0. The third-order valence-electron chi connectivity index (χ3n) is 6.61. The highest BCUT2D eigenvalue weighted by molar-refractivity contribution is 6.05. The van der Waals surface area contributed by atoms with Gasteiger partial charge in [0.25, 0.3) is 0 Å². The second kappa shape index (κ2) is 8.11. The molecule has 0 aromatic heterocycles. The Kier molecular flexibility index (Phi) is 5.58. The van der Waals surface area contributed by atoms with Crippen molar-refractivity contribution in [2.75, 3.05) is 26.2 Å². The molecule has 1 aromatic carbocycles. The molecule has 28 heavy (non-hydrogen) atoms. The Morgan fingerprint density at radius 1 is 0.929 bits per heavy atom. The summed E-state index contributed by atoms with van der Waals surface area (Å²) in [6, 6.07) is 5.66. The number of piperidine rings is 1. The molecule has 0 N–H and O–H groups in total. The minimum atomic E-state index is -0.344. The minimum Gasteiger partial charge on any atom is -0.296 e. The molecule has 2 heterocycles. The summed E-state index contributed by atoms with van der Waals surface area (Å²) in [5.74, 6) is -0.0996. The number of likely N-dealkylation sites (tertiary alicyclic amines) is 2. The van der Waals surface area contributed by atoms with Crippen molar-refractivity contribution in [2.45, 2.75) is 38.5 Å². The number of carbonyl (C=O) groups excluding carboxylic acids is 3. The van der Waals surface area contributed by atoms with E-state index in [1.807, 2.05) is 0 Å². The second-order valence-corrected chi connectivity index (χ2v) is 8.43. The third kappa shape index (κ3) is 3.88. The first kappa shape index (κ1) is 19.2. The summed E-state index contributed by atoms with van der Waals surface area (Å²) in [4.78, 5) is 41.3. The summed E-state index contributed by atoms with van der Waals surface area (Å²) in [6.45, 7) is 2.41. The minimum absolute atomic E-state index is 0.00702. The number of Topliss-reactive ketones (excluding diaryl/α,β-unsaturated/α-hetero) is 1. The molecule has 0 radical (unpaired) electrons. The zero-order valence-corrected chi connectivity index (χ0v) is 16.1. The maximum absolute atomic E-state index is 13.0. The second-order valence-electron chi connectivity index (χ2n) is 8.43. The Morgan fingerprint density at radius 2 is 1.50 bits per heavy atom. The van der Waals surface area contributed by atoms with Gasteiger partial charge in [-0.1, -0.05) is 12.8 Å². The van der Waals surface area contributed by atoms with Crippen LogP contribution in [0.25, 0.3) is 0 Å². The molecule has 1 saturated carbocycles. The van der Waals surface area contributed by atoms with Gasteiger partial charge < -0.3 is 0 Å². The highest BCUT2D eigenvalue weighted by atomic mass is 19.1. The molecule has 0 spiro atoms. The fourth-order valence-electron chi connectivity index (χ4n) is 4.93. The number of ketones is 1. The number of amides is 2. The van der Waals surface area contributed by atoms with E-state index in [0.29, 0.717) is 24.6 Å². The molecular formula is C22H27FN2O3. The molecule has 4 rings (SSSR count). The average molecular weight is 386 g/mol. The Labute approximate surface area is 164 Å². The molecule has 2 atom stereocenters. The molecule has 1 aliphatic carbocycles. The first-order chi connectivity index (χ1) is 13.5. The number of benzene rings is 1. The standard InChI is InChI=1S/C22H27FN2O3/c23-17-7-5-16(6-8-17)20(26)14-24-11-9-15(10-12-24)13-25-21(27)18-3-1-2-4-19(18)22(25)28/h5-8,15,18-19H,1-4,9-14H2. The molecule has 2 unspecified atom stereocenters. The lowest BCUT2D eigenvalue weighted by Gasteiger charge is -2.33. The van der Waals surface area contributed by atoms with E-state index < -0.39 is 0 Å². The van der Waals surface area contributed by atoms with Gasteiger partial charge in [0.2, 0.25) is 11.8 Å². The number of hydrogen-bond donors (Lipinski definition) is 0. The summed E-state index contributed by atoms with van der Waals surface area (Å²) >= 11 is 0. The van der Waals surface area contributed by atoms with E-state index in [-0.39, 0.29) is 35.3 Å². The smallest absolute Gasteiger partial charge is 0.233 e. The van der Waals surface area contributed by atoms with E-state index in [9.17, 15) is 18.8 Å². The van der Waals surface area contributed by atoms with E-state index >= 15 is 0 Å². The molecule has 0 bridgehead atoms. The van der Waals surface area contributed by atoms with Gasteiger partial charge in [-0.2, -0.15) is 0 Å². The fraction of sp³-hybridized carbons (Fsp3) is 0.591. The lowest BCUT2D eigenvalue weighted by Crippen LogP contribution is -2.42. The first-order valence-corrected chi connectivity index (χ1v) is 10.4. The quantitative estimate of drug-likeness (QED) is 0.577. The number of carbonyl (C=O) groups is 3. The summed E-state index contributed by atoms with van der Waals surface area (Å²) in [5, 5.41) is 0. The van der Waals surface area contributed by atoms with Gasteiger partial charge in [-0.05, 0) is 69.0 Å². The molecular weight excluding hydrogens is 359 g/mol. The SMILES string of the molecule is O=C(CN1CCC(CN2C(=O)C3CCCCC3C2=O)CC1)c1ccc(F)cc1. The Balaban J connectivity index is 1.27. The van der Waals surface area contributed by atoms with Gasteiger partial charge in [-0.15, -0.1) is 0 Å². The van der Waals surface area contributed by atoms with Crippen molar-refractivity contribution >= 4 is 17.6 Å². The molecule has 6 heteroatoms.